The van der Waals surface area contributed by atoms with Crippen LogP contribution in [0.1, 0.15) is 26.2 Å². The van der Waals surface area contributed by atoms with Gasteiger partial charge in [0, 0.05) is 41.9 Å². The number of likely N-dealkylation sites (tertiary alicyclic amines) is 1. The largest absolute Gasteiger partial charge is 0.481 e. The maximum absolute atomic E-state index is 11.8. The molecule has 1 heterocycles. The van der Waals surface area contributed by atoms with Crippen LogP contribution in [0.4, 0.5) is 4.79 Å². The third kappa shape index (κ3) is 5.18. The van der Waals surface area contributed by atoms with Crippen molar-refractivity contribution in [2.24, 2.45) is 5.92 Å². The number of nitrogens with one attached hydrogen (secondary N) is 1. The summed E-state index contributed by atoms with van der Waals surface area (Å²) in [6, 6.07) is -0.155. The zero-order valence-electron chi connectivity index (χ0n) is 11.4. The molecule has 0 aromatic rings. The number of hydrogen-bond donors (Lipinski definition) is 2. The van der Waals surface area contributed by atoms with Crippen LogP contribution < -0.4 is 5.32 Å². The molecule has 0 aromatic heterocycles. The molecule has 1 rings (SSSR count). The molecule has 2 unspecified atom stereocenters. The van der Waals surface area contributed by atoms with Crippen molar-refractivity contribution >= 4 is 22.8 Å². The molecule has 6 nitrogen and oxygen atoms in total. The van der Waals surface area contributed by atoms with Crippen LogP contribution in [-0.4, -0.2) is 57.4 Å². The molecule has 1 saturated heterocycles. The number of piperidine rings is 1. The van der Waals surface area contributed by atoms with Crippen molar-refractivity contribution in [2.45, 2.75) is 31.4 Å². The fraction of sp³-hybridized carbons (Fsp3) is 0.833. The number of carboxylic acids is 1. The lowest BCUT2D eigenvalue weighted by molar-refractivity contribution is -0.143. The minimum absolute atomic E-state index is 0.0676. The highest BCUT2D eigenvalue weighted by Gasteiger charge is 2.26. The monoisotopic (exact) mass is 290 g/mol. The van der Waals surface area contributed by atoms with Crippen LogP contribution in [0.2, 0.25) is 0 Å². The number of rotatable bonds is 5. The summed E-state index contributed by atoms with van der Waals surface area (Å²) in [4.78, 5) is 24.3. The summed E-state index contributed by atoms with van der Waals surface area (Å²) in [5.74, 6) is -1.11. The van der Waals surface area contributed by atoms with Crippen LogP contribution >= 0.6 is 0 Å². The number of carbonyl (C=O) groups is 2. The highest BCUT2D eigenvalue weighted by Crippen LogP contribution is 2.17. The smallest absolute Gasteiger partial charge is 0.317 e. The van der Waals surface area contributed by atoms with E-state index in [9.17, 15) is 13.8 Å². The predicted molar refractivity (Wildman–Crippen MR) is 73.5 cm³/mol. The molecular formula is C12H22N2O4S. The Labute approximate surface area is 116 Å². The van der Waals surface area contributed by atoms with Gasteiger partial charge in [-0.15, -0.1) is 0 Å². The van der Waals surface area contributed by atoms with Crippen LogP contribution in [0.15, 0.2) is 0 Å². The van der Waals surface area contributed by atoms with Crippen LogP contribution in [-0.2, 0) is 15.6 Å². The van der Waals surface area contributed by atoms with Gasteiger partial charge in [0.05, 0.1) is 5.92 Å². The first-order chi connectivity index (χ1) is 8.91. The predicted octanol–water partition coefficient (Wildman–Crippen LogP) is 0.650. The summed E-state index contributed by atoms with van der Waals surface area (Å²) >= 11 is 0. The number of amides is 2. The standard InChI is InChI=1S/C12H22N2O4S/c1-9(19(2)18)3-6-13-12(17)14-7-4-10(5-8-14)11(15)16/h9-10H,3-8H2,1-2H3,(H,13,17)(H,15,16). The normalized spacial score (nSPS) is 19.8. The Morgan fingerprint density at radius 3 is 2.47 bits per heavy atom. The van der Waals surface area contributed by atoms with Crippen molar-refractivity contribution in [2.75, 3.05) is 25.9 Å². The average Bonchev–Trinajstić information content (AvgIpc) is 2.38. The lowest BCUT2D eigenvalue weighted by Gasteiger charge is -2.30. The Bertz CT molecular complexity index is 354. The number of carboxylic acid groups (broad SMARTS) is 1. The van der Waals surface area contributed by atoms with E-state index < -0.39 is 16.8 Å². The Morgan fingerprint density at radius 1 is 1.42 bits per heavy atom. The second-order valence-electron chi connectivity index (χ2n) is 4.93. The van der Waals surface area contributed by atoms with Crippen LogP contribution in [0.3, 0.4) is 0 Å². The van der Waals surface area contributed by atoms with Gasteiger partial charge in [-0.3, -0.25) is 9.00 Å². The SMILES string of the molecule is CC(CCNC(=O)N1CCC(C(=O)O)CC1)S(C)=O. The number of hydrogen-bond acceptors (Lipinski definition) is 3. The van der Waals surface area contributed by atoms with Gasteiger partial charge in [0.15, 0.2) is 0 Å². The van der Waals surface area contributed by atoms with Crippen molar-refractivity contribution in [1.82, 2.24) is 10.2 Å². The molecule has 0 spiro atoms. The van der Waals surface area contributed by atoms with Gasteiger partial charge >= 0.3 is 12.0 Å². The first kappa shape index (κ1) is 15.9. The molecule has 2 atom stereocenters. The Morgan fingerprint density at radius 2 is 2.00 bits per heavy atom. The summed E-state index contributed by atoms with van der Waals surface area (Å²) in [5, 5.41) is 11.7. The second-order valence-corrected chi connectivity index (χ2v) is 6.73. The maximum Gasteiger partial charge on any atom is 0.317 e. The molecule has 110 valence electrons. The van der Waals surface area contributed by atoms with E-state index in [1.807, 2.05) is 6.92 Å². The van der Waals surface area contributed by atoms with Gasteiger partial charge in [-0.25, -0.2) is 4.79 Å². The fourth-order valence-corrected chi connectivity index (χ4v) is 2.44. The van der Waals surface area contributed by atoms with Crippen molar-refractivity contribution in [3.8, 4) is 0 Å². The molecule has 1 aliphatic heterocycles. The van der Waals surface area contributed by atoms with E-state index >= 15 is 0 Å². The molecule has 0 bridgehead atoms. The van der Waals surface area contributed by atoms with Crippen molar-refractivity contribution in [3.63, 3.8) is 0 Å². The summed E-state index contributed by atoms with van der Waals surface area (Å²) in [5.41, 5.74) is 0. The summed E-state index contributed by atoms with van der Waals surface area (Å²) < 4.78 is 11.2. The lowest BCUT2D eigenvalue weighted by atomic mass is 9.97. The molecule has 2 amide bonds. The average molecular weight is 290 g/mol. The summed E-state index contributed by atoms with van der Waals surface area (Å²) in [7, 11) is -0.870. The van der Waals surface area contributed by atoms with E-state index in [2.05, 4.69) is 5.32 Å². The first-order valence-electron chi connectivity index (χ1n) is 6.49. The van der Waals surface area contributed by atoms with E-state index in [1.54, 1.807) is 11.2 Å². The molecule has 1 fully saturated rings. The molecule has 2 N–H and O–H groups in total. The quantitative estimate of drug-likeness (QED) is 0.778. The van der Waals surface area contributed by atoms with Crippen LogP contribution in [0.5, 0.6) is 0 Å². The second kappa shape index (κ2) is 7.47. The van der Waals surface area contributed by atoms with Gasteiger partial charge in [0.1, 0.15) is 0 Å². The topological polar surface area (TPSA) is 86.7 Å². The van der Waals surface area contributed by atoms with E-state index in [0.717, 1.165) is 0 Å². The Balaban J connectivity index is 2.24. The van der Waals surface area contributed by atoms with Gasteiger partial charge in [0.25, 0.3) is 0 Å². The van der Waals surface area contributed by atoms with Crippen molar-refractivity contribution in [3.05, 3.63) is 0 Å². The molecular weight excluding hydrogens is 268 g/mol. The van der Waals surface area contributed by atoms with Gasteiger partial charge in [-0.1, -0.05) is 6.92 Å². The number of carbonyl (C=O) groups excluding carboxylic acids is 1. The van der Waals surface area contributed by atoms with E-state index in [4.69, 9.17) is 5.11 Å². The molecule has 0 aliphatic carbocycles. The van der Waals surface area contributed by atoms with Crippen molar-refractivity contribution in [1.29, 1.82) is 0 Å². The Hall–Kier alpha value is -1.11. The minimum atomic E-state index is -0.870. The fourth-order valence-electron chi connectivity index (χ4n) is 1.99. The van der Waals surface area contributed by atoms with Crippen LogP contribution in [0.25, 0.3) is 0 Å². The number of aliphatic carboxylic acids is 1. The number of nitrogens with zero attached hydrogens (tertiary/aromatic N) is 1. The molecule has 0 saturated carbocycles. The lowest BCUT2D eigenvalue weighted by Crippen LogP contribution is -2.46. The minimum Gasteiger partial charge on any atom is -0.481 e. The number of urea groups is 1. The third-order valence-electron chi connectivity index (χ3n) is 3.53. The highest BCUT2D eigenvalue weighted by atomic mass is 32.2. The molecule has 19 heavy (non-hydrogen) atoms. The van der Waals surface area contributed by atoms with Crippen LogP contribution in [0, 0.1) is 5.92 Å². The van der Waals surface area contributed by atoms with E-state index in [0.29, 0.717) is 38.9 Å². The molecule has 1 aliphatic rings. The van der Waals surface area contributed by atoms with Gasteiger partial charge in [0.2, 0.25) is 0 Å². The van der Waals surface area contributed by atoms with E-state index in [1.165, 1.54) is 0 Å². The zero-order valence-corrected chi connectivity index (χ0v) is 12.2. The highest BCUT2D eigenvalue weighted by molar-refractivity contribution is 7.84. The summed E-state index contributed by atoms with van der Waals surface area (Å²) in [6.45, 7) is 3.36. The van der Waals surface area contributed by atoms with Gasteiger partial charge in [-0.05, 0) is 19.3 Å². The first-order valence-corrected chi connectivity index (χ1v) is 8.11. The third-order valence-corrected chi connectivity index (χ3v) is 4.89. The van der Waals surface area contributed by atoms with Gasteiger partial charge < -0.3 is 15.3 Å². The van der Waals surface area contributed by atoms with Gasteiger partial charge in [-0.2, -0.15) is 0 Å². The summed E-state index contributed by atoms with van der Waals surface area (Å²) in [6.07, 6.45) is 3.36. The molecule has 0 radical (unpaired) electrons. The van der Waals surface area contributed by atoms with E-state index in [-0.39, 0.29) is 17.2 Å². The Kier molecular flexibility index (Phi) is 6.27. The van der Waals surface area contributed by atoms with Crippen molar-refractivity contribution < 1.29 is 18.9 Å². The molecule has 7 heteroatoms. The maximum atomic E-state index is 11.8. The zero-order chi connectivity index (χ0) is 14.4. The molecule has 0 aromatic carbocycles.